The highest BCUT2D eigenvalue weighted by Gasteiger charge is 2.49. The number of fused-ring (bicyclic) bond motifs is 4. The molecule has 1 aliphatic carbocycles. The first kappa shape index (κ1) is 22.0. The normalized spacial score (nSPS) is 14.0. The van der Waals surface area contributed by atoms with Crippen LogP contribution in [-0.2, 0) is 10.2 Å². The summed E-state index contributed by atoms with van der Waals surface area (Å²) in [5.41, 5.74) is 3.34. The molecule has 5 nitrogen and oxygen atoms in total. The first-order valence-corrected chi connectivity index (χ1v) is 11.0. The Morgan fingerprint density at radius 3 is 2.18 bits per heavy atom. The lowest BCUT2D eigenvalue weighted by atomic mass is 9.73. The van der Waals surface area contributed by atoms with Crippen LogP contribution in [0.4, 0.5) is 19.2 Å². The minimum Gasteiger partial charge on any atom is -0.424 e. The molecule has 0 aliphatic heterocycles. The number of halogens is 3. The fourth-order valence-electron chi connectivity index (χ4n) is 4.78. The van der Waals surface area contributed by atoms with E-state index in [0.29, 0.717) is 31.0 Å². The van der Waals surface area contributed by atoms with Gasteiger partial charge in [-0.2, -0.15) is 18.2 Å². The quantitative estimate of drug-likeness (QED) is 0.346. The van der Waals surface area contributed by atoms with Crippen molar-refractivity contribution < 1.29 is 22.4 Å². The van der Waals surface area contributed by atoms with Gasteiger partial charge in [-0.1, -0.05) is 60.7 Å². The Morgan fingerprint density at radius 2 is 1.53 bits per heavy atom. The molecule has 1 aromatic heterocycles. The van der Waals surface area contributed by atoms with E-state index in [-0.39, 0.29) is 0 Å². The Hall–Kier alpha value is -3.81. The molecule has 1 heterocycles. The monoisotopic (exact) mass is 465 g/mol. The van der Waals surface area contributed by atoms with Gasteiger partial charge in [-0.15, -0.1) is 0 Å². The molecule has 1 amide bonds. The zero-order valence-electron chi connectivity index (χ0n) is 18.2. The molecular weight excluding hydrogens is 443 g/mol. The average molecular weight is 465 g/mol. The Balaban J connectivity index is 1.43. The predicted molar refractivity (Wildman–Crippen MR) is 123 cm³/mol. The molecule has 4 aromatic rings. The van der Waals surface area contributed by atoms with Crippen LogP contribution < -0.4 is 10.6 Å². The number of para-hydroxylation sites is 2. The number of oxazole rings is 1. The van der Waals surface area contributed by atoms with Gasteiger partial charge in [0.2, 0.25) is 5.91 Å². The van der Waals surface area contributed by atoms with Gasteiger partial charge in [0, 0.05) is 6.54 Å². The van der Waals surface area contributed by atoms with Crippen molar-refractivity contribution in [3.8, 4) is 11.1 Å². The number of aromatic nitrogens is 1. The van der Waals surface area contributed by atoms with E-state index in [1.165, 1.54) is 0 Å². The highest BCUT2D eigenvalue weighted by molar-refractivity contribution is 6.00. The molecule has 0 radical (unpaired) electrons. The number of anilines is 1. The maximum Gasteiger partial charge on any atom is 0.405 e. The van der Waals surface area contributed by atoms with Crippen LogP contribution in [0, 0.1) is 0 Å². The topological polar surface area (TPSA) is 67.2 Å². The first-order valence-electron chi connectivity index (χ1n) is 11.0. The second-order valence-electron chi connectivity index (χ2n) is 8.31. The Morgan fingerprint density at radius 1 is 0.912 bits per heavy atom. The summed E-state index contributed by atoms with van der Waals surface area (Å²) >= 11 is 0. The summed E-state index contributed by atoms with van der Waals surface area (Å²) in [6.45, 7) is -0.940. The molecule has 0 fully saturated rings. The fourth-order valence-corrected chi connectivity index (χ4v) is 4.78. The summed E-state index contributed by atoms with van der Waals surface area (Å²) in [7, 11) is 0. The van der Waals surface area contributed by atoms with Crippen molar-refractivity contribution in [1.29, 1.82) is 0 Å². The molecule has 5 rings (SSSR count). The zero-order chi connectivity index (χ0) is 23.8. The third-order valence-electron chi connectivity index (χ3n) is 6.20. The van der Waals surface area contributed by atoms with Gasteiger partial charge in [0.25, 0.3) is 6.01 Å². The van der Waals surface area contributed by atoms with Crippen LogP contribution in [0.3, 0.4) is 0 Å². The zero-order valence-corrected chi connectivity index (χ0v) is 18.2. The number of alkyl halides is 3. The number of nitrogens with zero attached hydrogens (tertiary/aromatic N) is 1. The number of hydrogen-bond donors (Lipinski definition) is 2. The second-order valence-corrected chi connectivity index (χ2v) is 8.31. The van der Waals surface area contributed by atoms with E-state index < -0.39 is 24.0 Å². The third kappa shape index (κ3) is 3.89. The second kappa shape index (κ2) is 8.52. The van der Waals surface area contributed by atoms with Gasteiger partial charge in [-0.25, -0.2) is 0 Å². The molecule has 174 valence electrons. The smallest absolute Gasteiger partial charge is 0.405 e. The summed E-state index contributed by atoms with van der Waals surface area (Å²) in [5.74, 6) is -0.649. The Bertz CT molecular complexity index is 1270. The molecule has 2 N–H and O–H groups in total. The van der Waals surface area contributed by atoms with Gasteiger partial charge in [0.05, 0.1) is 0 Å². The van der Waals surface area contributed by atoms with Crippen molar-refractivity contribution >= 4 is 23.0 Å². The van der Waals surface area contributed by atoms with E-state index in [9.17, 15) is 18.0 Å². The number of nitrogens with one attached hydrogen (secondary N) is 2. The van der Waals surface area contributed by atoms with Gasteiger partial charge < -0.3 is 15.1 Å². The van der Waals surface area contributed by atoms with Crippen LogP contribution >= 0.6 is 0 Å². The summed E-state index contributed by atoms with van der Waals surface area (Å²) < 4.78 is 44.6. The van der Waals surface area contributed by atoms with Gasteiger partial charge >= 0.3 is 6.18 Å². The van der Waals surface area contributed by atoms with Crippen LogP contribution in [0.1, 0.15) is 24.0 Å². The molecule has 8 heteroatoms. The standard InChI is InChI=1S/C26H22F3N3O2/c27-26(28,29)16-31-23(33)25(14-7-15-30-24-32-21-12-5-6-13-22(21)34-24)19-10-3-1-8-17(19)18-9-2-4-11-20(18)25/h1-6,8-13H,7,14-16H2,(H,30,32)(H,31,33). The van der Waals surface area contributed by atoms with Crippen molar-refractivity contribution in [2.75, 3.05) is 18.4 Å². The third-order valence-corrected chi connectivity index (χ3v) is 6.20. The number of amides is 1. The van der Waals surface area contributed by atoms with Crippen molar-refractivity contribution in [3.63, 3.8) is 0 Å². The predicted octanol–water partition coefficient (Wildman–Crippen LogP) is 5.67. The van der Waals surface area contributed by atoms with Crippen molar-refractivity contribution in [3.05, 3.63) is 83.9 Å². The van der Waals surface area contributed by atoms with Crippen molar-refractivity contribution in [2.24, 2.45) is 0 Å². The number of benzene rings is 3. The summed E-state index contributed by atoms with van der Waals surface area (Å²) in [5, 5.41) is 5.28. The van der Waals surface area contributed by atoms with Gasteiger partial charge in [-0.3, -0.25) is 4.79 Å². The summed E-state index contributed by atoms with van der Waals surface area (Å²) in [6, 6.07) is 22.6. The molecule has 0 bridgehead atoms. The lowest BCUT2D eigenvalue weighted by Gasteiger charge is -2.31. The van der Waals surface area contributed by atoms with Crippen LogP contribution in [0.5, 0.6) is 0 Å². The molecule has 0 atom stereocenters. The van der Waals surface area contributed by atoms with Gasteiger partial charge in [-0.05, 0) is 47.2 Å². The minimum atomic E-state index is -4.50. The van der Waals surface area contributed by atoms with E-state index in [1.54, 1.807) is 0 Å². The number of hydrogen-bond acceptors (Lipinski definition) is 4. The van der Waals surface area contributed by atoms with Gasteiger partial charge in [0.15, 0.2) is 5.58 Å². The first-order chi connectivity index (χ1) is 16.4. The van der Waals surface area contributed by atoms with Crippen molar-refractivity contribution in [1.82, 2.24) is 10.3 Å². The summed E-state index contributed by atoms with van der Waals surface area (Å²) in [6.07, 6.45) is -3.68. The van der Waals surface area contributed by atoms with Crippen LogP contribution in [0.2, 0.25) is 0 Å². The largest absolute Gasteiger partial charge is 0.424 e. The lowest BCUT2D eigenvalue weighted by molar-refractivity contribution is -0.141. The molecule has 0 unspecified atom stereocenters. The molecule has 34 heavy (non-hydrogen) atoms. The minimum absolute atomic E-state index is 0.317. The van der Waals surface area contributed by atoms with Crippen LogP contribution in [0.25, 0.3) is 22.2 Å². The van der Waals surface area contributed by atoms with E-state index in [2.05, 4.69) is 15.6 Å². The number of carbonyl (C=O) groups is 1. The molecular formula is C26H22F3N3O2. The van der Waals surface area contributed by atoms with E-state index in [1.807, 2.05) is 72.8 Å². The lowest BCUT2D eigenvalue weighted by Crippen LogP contribution is -2.47. The molecule has 1 aliphatic rings. The Labute approximate surface area is 194 Å². The number of carbonyl (C=O) groups excluding carboxylic acids is 1. The van der Waals surface area contributed by atoms with Crippen LogP contribution in [-0.4, -0.2) is 30.2 Å². The highest BCUT2D eigenvalue weighted by Crippen LogP contribution is 2.51. The molecule has 0 saturated heterocycles. The number of rotatable bonds is 7. The maximum atomic E-state index is 13.5. The molecule has 0 spiro atoms. The maximum absolute atomic E-state index is 13.5. The molecule has 3 aromatic carbocycles. The highest BCUT2D eigenvalue weighted by atomic mass is 19.4. The van der Waals surface area contributed by atoms with Crippen LogP contribution in [0.15, 0.2) is 77.2 Å². The van der Waals surface area contributed by atoms with E-state index >= 15 is 0 Å². The van der Waals surface area contributed by atoms with E-state index in [4.69, 9.17) is 4.42 Å². The fraction of sp³-hybridized carbons (Fsp3) is 0.231. The van der Waals surface area contributed by atoms with Crippen molar-refractivity contribution in [2.45, 2.75) is 24.4 Å². The SMILES string of the molecule is O=C(NCC(F)(F)F)C1(CCCNc2nc3ccccc3o2)c2ccccc2-c2ccccc21. The van der Waals surface area contributed by atoms with Gasteiger partial charge in [0.1, 0.15) is 17.5 Å². The Kier molecular flexibility index (Phi) is 5.51. The average Bonchev–Trinajstić information content (AvgIpc) is 3.37. The summed E-state index contributed by atoms with van der Waals surface area (Å²) in [4.78, 5) is 17.8. The molecule has 0 saturated carbocycles. The van der Waals surface area contributed by atoms with E-state index in [0.717, 1.165) is 27.8 Å².